The van der Waals surface area contributed by atoms with E-state index >= 15 is 26.3 Å². The van der Waals surface area contributed by atoms with Crippen molar-refractivity contribution in [1.82, 2.24) is 0 Å². The summed E-state index contributed by atoms with van der Waals surface area (Å²) in [7, 11) is -10.4. The average molecular weight is 767 g/mol. The monoisotopic (exact) mass is 766 g/mol. The molecule has 0 spiro atoms. The van der Waals surface area contributed by atoms with E-state index in [1.807, 2.05) is 0 Å². The van der Waals surface area contributed by atoms with Crippen LogP contribution in [0.1, 0.15) is 22.3 Å². The van der Waals surface area contributed by atoms with Crippen molar-refractivity contribution in [3.63, 3.8) is 0 Å². The summed E-state index contributed by atoms with van der Waals surface area (Å²) < 4.78 is 152. The first kappa shape index (κ1) is 35.4. The van der Waals surface area contributed by atoms with Crippen molar-refractivity contribution in [2.45, 2.75) is 19.6 Å². The maximum absolute atomic E-state index is 16.8. The van der Waals surface area contributed by atoms with Crippen LogP contribution in [-0.2, 0) is 19.7 Å². The van der Waals surface area contributed by atoms with Gasteiger partial charge in [-0.1, -0.05) is 36.4 Å². The zero-order valence-electron chi connectivity index (χ0n) is 26.4. The van der Waals surface area contributed by atoms with Crippen LogP contribution in [0.2, 0.25) is 0 Å². The van der Waals surface area contributed by atoms with Gasteiger partial charge in [0, 0.05) is 33.4 Å². The Morgan fingerprint density at radius 2 is 0.741 bits per heavy atom. The Bertz CT molecular complexity index is 2830. The highest BCUT2D eigenvalue weighted by Crippen LogP contribution is 2.57. The van der Waals surface area contributed by atoms with Crippen LogP contribution in [0.5, 0.6) is 0 Å². The molecule has 0 saturated carbocycles. The van der Waals surface area contributed by atoms with Crippen LogP contribution in [-0.4, -0.2) is 16.8 Å². The largest absolute Gasteiger partial charge is 0.218 e. The lowest BCUT2D eigenvalue weighted by Crippen LogP contribution is -2.12. The quantitative estimate of drug-likeness (QED) is 0.0994. The predicted octanol–water partition coefficient (Wildman–Crippen LogP) is 7.85. The molecule has 54 heavy (non-hydrogen) atoms. The Kier molecular flexibility index (Phi) is 8.08. The number of benzene rings is 5. The van der Waals surface area contributed by atoms with Gasteiger partial charge in [0.2, 0.25) is 19.7 Å². The first-order valence-electron chi connectivity index (χ1n) is 15.0. The number of hydrogen-bond donors (Lipinski definition) is 0. The predicted molar refractivity (Wildman–Crippen MR) is 175 cm³/mol. The van der Waals surface area contributed by atoms with Crippen LogP contribution < -0.4 is 0 Å². The standard InChI is InChI=1S/C38H12F6N4O4S2/c39-31-29-25(17(13-45)14-46)21-11-22-24(12-23(21)27(29)33(41)37(35(31)43)53(49,50)19-7-3-1-4-8-19)28-30(26(22)18(15-47)16-48)32(40)36(44)38(34(28)42)54(51,52)20-9-5-2-6-10-20/h1-12H. The molecule has 2 aliphatic carbocycles. The molecule has 2 aliphatic rings. The van der Waals surface area contributed by atoms with Crippen LogP contribution in [0.4, 0.5) is 26.3 Å². The third-order valence-electron chi connectivity index (χ3n) is 8.89. The maximum Gasteiger partial charge on any atom is 0.212 e. The van der Waals surface area contributed by atoms with Gasteiger partial charge in [-0.25, -0.2) is 43.2 Å². The molecule has 16 heteroatoms. The minimum Gasteiger partial charge on any atom is -0.218 e. The van der Waals surface area contributed by atoms with Crippen molar-refractivity contribution in [2.75, 3.05) is 0 Å². The second-order valence-corrected chi connectivity index (χ2v) is 15.3. The molecule has 0 heterocycles. The van der Waals surface area contributed by atoms with Crippen molar-refractivity contribution >= 4 is 30.8 Å². The topological polar surface area (TPSA) is 163 Å². The van der Waals surface area contributed by atoms with E-state index in [0.29, 0.717) is 0 Å². The van der Waals surface area contributed by atoms with Crippen molar-refractivity contribution in [3.05, 3.63) is 141 Å². The van der Waals surface area contributed by atoms with E-state index in [-0.39, 0.29) is 0 Å². The van der Waals surface area contributed by atoms with E-state index in [2.05, 4.69) is 0 Å². The lowest BCUT2D eigenvalue weighted by molar-refractivity contribution is 0.459. The second kappa shape index (κ2) is 12.3. The number of fused-ring (bicyclic) bond motifs is 6. The van der Waals surface area contributed by atoms with Crippen molar-refractivity contribution in [1.29, 1.82) is 21.0 Å². The van der Waals surface area contributed by atoms with E-state index in [4.69, 9.17) is 0 Å². The lowest BCUT2D eigenvalue weighted by Gasteiger charge is -2.14. The normalized spacial score (nSPS) is 12.4. The number of nitriles is 4. The number of halogens is 6. The van der Waals surface area contributed by atoms with Gasteiger partial charge >= 0.3 is 0 Å². The van der Waals surface area contributed by atoms with Crippen molar-refractivity contribution in [2.24, 2.45) is 0 Å². The number of nitrogens with zero attached hydrogens (tertiary/aromatic N) is 4. The molecule has 0 aromatic heterocycles. The molecular formula is C38H12F6N4O4S2. The molecule has 0 saturated heterocycles. The summed E-state index contributed by atoms with van der Waals surface area (Å²) in [6.45, 7) is 0. The first-order valence-corrected chi connectivity index (χ1v) is 18.0. The van der Waals surface area contributed by atoms with E-state index in [0.717, 1.165) is 36.4 Å². The molecule has 0 bridgehead atoms. The van der Waals surface area contributed by atoms with Gasteiger partial charge in [0.1, 0.15) is 45.2 Å². The van der Waals surface area contributed by atoms with Gasteiger partial charge in [0.25, 0.3) is 0 Å². The lowest BCUT2D eigenvalue weighted by atomic mass is 9.93. The fourth-order valence-corrected chi connectivity index (χ4v) is 9.48. The van der Waals surface area contributed by atoms with Gasteiger partial charge in [-0.3, -0.25) is 0 Å². The average Bonchev–Trinajstić information content (AvgIpc) is 3.67. The Balaban J connectivity index is 1.67. The summed E-state index contributed by atoms with van der Waals surface area (Å²) in [6, 6.07) is 19.0. The molecule has 0 aliphatic heterocycles. The van der Waals surface area contributed by atoms with E-state index < -0.39 is 141 Å². The number of hydrogen-bond acceptors (Lipinski definition) is 8. The minimum absolute atomic E-state index is 0.521. The van der Waals surface area contributed by atoms with Gasteiger partial charge in [-0.2, -0.15) is 21.0 Å². The second-order valence-electron chi connectivity index (χ2n) is 11.6. The zero-order chi connectivity index (χ0) is 39.0. The highest BCUT2D eigenvalue weighted by atomic mass is 32.2. The number of sulfone groups is 2. The molecule has 7 rings (SSSR count). The van der Waals surface area contributed by atoms with Crippen LogP contribution in [0.25, 0.3) is 33.4 Å². The van der Waals surface area contributed by atoms with E-state index in [9.17, 15) is 37.9 Å². The minimum atomic E-state index is -5.18. The number of rotatable bonds is 4. The molecular weight excluding hydrogens is 755 g/mol. The van der Waals surface area contributed by atoms with Gasteiger partial charge < -0.3 is 0 Å². The van der Waals surface area contributed by atoms with E-state index in [1.165, 1.54) is 60.7 Å². The summed E-state index contributed by atoms with van der Waals surface area (Å²) in [6.07, 6.45) is 0. The SMILES string of the molecule is N#CC(C#N)=C1c2cc3c(cc2-c2c(F)c(S(=O)(=O)c4ccccc4)c(F)c(F)c21)-c1c(F)c(S(=O)(=O)c2ccccc2)c(F)c(F)c1C3=C(C#N)C#N. The summed E-state index contributed by atoms with van der Waals surface area (Å²) in [5.74, 6) is -12.3. The highest BCUT2D eigenvalue weighted by molar-refractivity contribution is 7.91. The Morgan fingerprint density at radius 1 is 0.426 bits per heavy atom. The smallest absolute Gasteiger partial charge is 0.212 e. The molecule has 0 amide bonds. The molecule has 0 unspecified atom stereocenters. The van der Waals surface area contributed by atoms with Crippen LogP contribution in [0.15, 0.2) is 104 Å². The Hall–Kier alpha value is -6.98. The fraction of sp³-hybridized carbons (Fsp3) is 0. The summed E-state index contributed by atoms with van der Waals surface area (Å²) in [5, 5.41) is 39.3. The Morgan fingerprint density at radius 3 is 1.06 bits per heavy atom. The van der Waals surface area contributed by atoms with Crippen molar-refractivity contribution in [3.8, 4) is 46.5 Å². The van der Waals surface area contributed by atoms with Gasteiger partial charge in [0.05, 0.1) is 9.79 Å². The summed E-state index contributed by atoms with van der Waals surface area (Å²) in [4.78, 5) is -4.87. The van der Waals surface area contributed by atoms with Gasteiger partial charge in [-0.15, -0.1) is 0 Å². The summed E-state index contributed by atoms with van der Waals surface area (Å²) >= 11 is 0. The maximum atomic E-state index is 16.8. The molecule has 262 valence electrons. The molecule has 8 nitrogen and oxygen atoms in total. The van der Waals surface area contributed by atoms with Crippen LogP contribution in [0.3, 0.4) is 0 Å². The van der Waals surface area contributed by atoms with E-state index in [1.54, 1.807) is 0 Å². The third-order valence-corrected chi connectivity index (χ3v) is 12.5. The number of allylic oxidation sites excluding steroid dienone is 2. The molecule has 0 N–H and O–H groups in total. The summed E-state index contributed by atoms with van der Waals surface area (Å²) in [5.41, 5.74) is -10.1. The van der Waals surface area contributed by atoms with Gasteiger partial charge in [0.15, 0.2) is 34.9 Å². The van der Waals surface area contributed by atoms with Crippen LogP contribution in [0, 0.1) is 80.2 Å². The molecule has 0 fully saturated rings. The third kappa shape index (κ3) is 4.65. The first-order chi connectivity index (χ1) is 25.7. The van der Waals surface area contributed by atoms with Crippen LogP contribution >= 0.6 is 0 Å². The molecule has 5 aromatic carbocycles. The van der Waals surface area contributed by atoms with Crippen molar-refractivity contribution < 1.29 is 43.2 Å². The molecule has 5 aromatic rings. The highest BCUT2D eigenvalue weighted by Gasteiger charge is 2.45. The van der Waals surface area contributed by atoms with Gasteiger partial charge in [-0.05, 0) is 58.7 Å². The Labute approximate surface area is 301 Å². The molecule has 0 atom stereocenters. The fourth-order valence-electron chi connectivity index (χ4n) is 6.65. The zero-order valence-corrected chi connectivity index (χ0v) is 28.1. The molecule has 0 radical (unpaired) electrons.